The molecule has 3 nitrogen and oxygen atoms in total. The molecule has 1 unspecified atom stereocenters. The molecule has 1 atom stereocenters. The van der Waals surface area contributed by atoms with Crippen molar-refractivity contribution < 1.29 is 9.47 Å². The van der Waals surface area contributed by atoms with Crippen molar-refractivity contribution in [3.8, 4) is 11.5 Å². The summed E-state index contributed by atoms with van der Waals surface area (Å²) in [6, 6.07) is 3.65. The Bertz CT molecular complexity index is 421. The van der Waals surface area contributed by atoms with E-state index in [0.717, 1.165) is 18.4 Å². The number of hydrogen-bond acceptors (Lipinski definition) is 3. The van der Waals surface area contributed by atoms with Gasteiger partial charge in [0.05, 0.1) is 13.2 Å². The molecule has 4 heteroatoms. The van der Waals surface area contributed by atoms with Gasteiger partial charge < -0.3 is 15.2 Å². The molecule has 0 heterocycles. The van der Waals surface area contributed by atoms with Crippen LogP contribution in [0.3, 0.4) is 0 Å². The van der Waals surface area contributed by atoms with E-state index in [9.17, 15) is 0 Å². The third-order valence-corrected chi connectivity index (χ3v) is 3.44. The summed E-state index contributed by atoms with van der Waals surface area (Å²) >= 11 is 6.33. The molecule has 0 fully saturated rings. The lowest BCUT2D eigenvalue weighted by atomic mass is 9.98. The minimum absolute atomic E-state index is 0.0696. The van der Waals surface area contributed by atoms with E-state index in [1.54, 1.807) is 6.07 Å². The highest BCUT2D eigenvalue weighted by molar-refractivity contribution is 6.31. The first-order valence-electron chi connectivity index (χ1n) is 7.34. The third kappa shape index (κ3) is 4.88. The van der Waals surface area contributed by atoms with Gasteiger partial charge in [-0.1, -0.05) is 25.4 Å². The topological polar surface area (TPSA) is 44.5 Å². The number of nitrogens with two attached hydrogens (primary N) is 1. The van der Waals surface area contributed by atoms with Gasteiger partial charge in [-0.05, 0) is 44.2 Å². The Balaban J connectivity index is 2.98. The van der Waals surface area contributed by atoms with E-state index in [-0.39, 0.29) is 6.04 Å². The van der Waals surface area contributed by atoms with Crippen LogP contribution in [0, 0.1) is 5.92 Å². The van der Waals surface area contributed by atoms with E-state index < -0.39 is 0 Å². The lowest BCUT2D eigenvalue weighted by Crippen LogP contribution is -2.12. The summed E-state index contributed by atoms with van der Waals surface area (Å²) in [5, 5.41) is 0.646. The zero-order valence-corrected chi connectivity index (χ0v) is 13.7. The molecule has 2 N–H and O–H groups in total. The van der Waals surface area contributed by atoms with Gasteiger partial charge in [-0.3, -0.25) is 0 Å². The molecule has 0 amide bonds. The molecule has 0 saturated carbocycles. The molecule has 1 rings (SSSR count). The molecular weight excluding hydrogens is 274 g/mol. The summed E-state index contributed by atoms with van der Waals surface area (Å²) in [6.07, 6.45) is 1.99. The summed E-state index contributed by atoms with van der Waals surface area (Å²) < 4.78 is 11.2. The van der Waals surface area contributed by atoms with Crippen molar-refractivity contribution >= 4 is 11.6 Å². The van der Waals surface area contributed by atoms with Crippen molar-refractivity contribution in [2.24, 2.45) is 11.7 Å². The second kappa shape index (κ2) is 8.38. The largest absolute Gasteiger partial charge is 0.490 e. The molecule has 1 aromatic rings. The van der Waals surface area contributed by atoms with E-state index in [1.807, 2.05) is 19.9 Å². The van der Waals surface area contributed by atoms with Crippen LogP contribution >= 0.6 is 11.6 Å². The molecule has 0 radical (unpaired) electrons. The molecule has 0 bridgehead atoms. The molecular formula is C16H26ClNO2. The van der Waals surface area contributed by atoms with Crippen LogP contribution in [0.5, 0.6) is 11.5 Å². The molecule has 20 heavy (non-hydrogen) atoms. The minimum Gasteiger partial charge on any atom is -0.490 e. The molecule has 114 valence electrons. The van der Waals surface area contributed by atoms with Crippen LogP contribution < -0.4 is 15.2 Å². The fraction of sp³-hybridized carbons (Fsp3) is 0.625. The Morgan fingerprint density at radius 2 is 1.60 bits per heavy atom. The first kappa shape index (κ1) is 17.1. The van der Waals surface area contributed by atoms with E-state index in [4.69, 9.17) is 26.8 Å². The maximum atomic E-state index is 6.33. The van der Waals surface area contributed by atoms with Crippen molar-refractivity contribution in [3.05, 3.63) is 22.7 Å². The zero-order chi connectivity index (χ0) is 15.1. The second-order valence-corrected chi connectivity index (χ2v) is 5.67. The van der Waals surface area contributed by atoms with Gasteiger partial charge in [0.15, 0.2) is 11.5 Å². The van der Waals surface area contributed by atoms with Gasteiger partial charge in [0.25, 0.3) is 0 Å². The summed E-state index contributed by atoms with van der Waals surface area (Å²) in [6.45, 7) is 9.43. The van der Waals surface area contributed by atoms with Crippen LogP contribution in [0.15, 0.2) is 12.1 Å². The molecule has 0 aliphatic heterocycles. The van der Waals surface area contributed by atoms with E-state index in [0.29, 0.717) is 35.7 Å². The lowest BCUT2D eigenvalue weighted by Gasteiger charge is -2.18. The number of rotatable bonds is 8. The Labute approximate surface area is 127 Å². The predicted molar refractivity (Wildman–Crippen MR) is 84.8 cm³/mol. The van der Waals surface area contributed by atoms with Gasteiger partial charge in [-0.15, -0.1) is 0 Å². The van der Waals surface area contributed by atoms with E-state index in [2.05, 4.69) is 13.8 Å². The standard InChI is InChI=1S/C16H26ClNO2/c1-5-19-15-9-12(14(18)8-7-11(3)4)13(17)10-16(15)20-6-2/h9-11,14H,5-8,18H2,1-4H3. The molecule has 0 saturated heterocycles. The average Bonchev–Trinajstić information content (AvgIpc) is 2.39. The molecule has 0 aromatic heterocycles. The van der Waals surface area contributed by atoms with Gasteiger partial charge in [-0.25, -0.2) is 0 Å². The number of benzene rings is 1. The van der Waals surface area contributed by atoms with Gasteiger partial charge in [0.2, 0.25) is 0 Å². The van der Waals surface area contributed by atoms with Crippen LogP contribution in [0.4, 0.5) is 0 Å². The normalized spacial score (nSPS) is 12.6. The van der Waals surface area contributed by atoms with Crippen molar-refractivity contribution in [1.82, 2.24) is 0 Å². The SMILES string of the molecule is CCOc1cc(Cl)c(C(N)CCC(C)C)cc1OCC. The van der Waals surface area contributed by atoms with Gasteiger partial charge in [0.1, 0.15) is 0 Å². The monoisotopic (exact) mass is 299 g/mol. The Morgan fingerprint density at radius 3 is 2.10 bits per heavy atom. The lowest BCUT2D eigenvalue weighted by molar-refractivity contribution is 0.287. The first-order chi connectivity index (χ1) is 9.49. The Hall–Kier alpha value is -0.930. The fourth-order valence-corrected chi connectivity index (χ4v) is 2.33. The summed E-state index contributed by atoms with van der Waals surface area (Å²) in [4.78, 5) is 0. The molecule has 1 aromatic carbocycles. The molecule has 0 spiro atoms. The quantitative estimate of drug-likeness (QED) is 0.764. The number of ether oxygens (including phenoxy) is 2. The van der Waals surface area contributed by atoms with E-state index in [1.165, 1.54) is 0 Å². The zero-order valence-electron chi connectivity index (χ0n) is 12.9. The summed E-state index contributed by atoms with van der Waals surface area (Å²) in [5.74, 6) is 2.03. The molecule has 0 aliphatic carbocycles. The highest BCUT2D eigenvalue weighted by Gasteiger charge is 2.16. The highest BCUT2D eigenvalue weighted by Crippen LogP contribution is 2.37. The van der Waals surface area contributed by atoms with Gasteiger partial charge in [-0.2, -0.15) is 0 Å². The third-order valence-electron chi connectivity index (χ3n) is 3.12. The average molecular weight is 300 g/mol. The van der Waals surface area contributed by atoms with Crippen LogP contribution in [0.25, 0.3) is 0 Å². The smallest absolute Gasteiger partial charge is 0.162 e. The second-order valence-electron chi connectivity index (χ2n) is 5.26. The van der Waals surface area contributed by atoms with Crippen molar-refractivity contribution in [1.29, 1.82) is 0 Å². The highest BCUT2D eigenvalue weighted by atomic mass is 35.5. The molecule has 0 aliphatic rings. The summed E-state index contributed by atoms with van der Waals surface area (Å²) in [7, 11) is 0. The number of hydrogen-bond donors (Lipinski definition) is 1. The van der Waals surface area contributed by atoms with E-state index >= 15 is 0 Å². The summed E-state index contributed by atoms with van der Waals surface area (Å²) in [5.41, 5.74) is 7.18. The fourth-order valence-electron chi connectivity index (χ4n) is 2.04. The minimum atomic E-state index is -0.0696. The van der Waals surface area contributed by atoms with Crippen molar-refractivity contribution in [2.75, 3.05) is 13.2 Å². The van der Waals surface area contributed by atoms with Crippen LogP contribution in [-0.2, 0) is 0 Å². The van der Waals surface area contributed by atoms with Crippen molar-refractivity contribution in [2.45, 2.75) is 46.6 Å². The maximum Gasteiger partial charge on any atom is 0.162 e. The predicted octanol–water partition coefficient (Wildman–Crippen LogP) is 4.57. The number of halogens is 1. The van der Waals surface area contributed by atoms with Crippen molar-refractivity contribution in [3.63, 3.8) is 0 Å². The van der Waals surface area contributed by atoms with Gasteiger partial charge in [0, 0.05) is 17.1 Å². The van der Waals surface area contributed by atoms with Crippen LogP contribution in [0.1, 0.15) is 52.1 Å². The first-order valence-corrected chi connectivity index (χ1v) is 7.71. The van der Waals surface area contributed by atoms with Crippen LogP contribution in [0.2, 0.25) is 5.02 Å². The Morgan fingerprint density at radius 1 is 1.05 bits per heavy atom. The maximum absolute atomic E-state index is 6.33. The van der Waals surface area contributed by atoms with Crippen LogP contribution in [-0.4, -0.2) is 13.2 Å². The van der Waals surface area contributed by atoms with Gasteiger partial charge >= 0.3 is 0 Å². The Kier molecular flexibility index (Phi) is 7.17.